The van der Waals surface area contributed by atoms with Crippen molar-refractivity contribution in [1.82, 2.24) is 10.1 Å². The monoisotopic (exact) mass is 447 g/mol. The highest BCUT2D eigenvalue weighted by Gasteiger charge is 2.20. The van der Waals surface area contributed by atoms with Gasteiger partial charge in [0.15, 0.2) is 11.9 Å². The number of aromatic nitrogens is 2. The number of hydrogen-bond donors (Lipinski definition) is 2. The summed E-state index contributed by atoms with van der Waals surface area (Å²) in [4.78, 5) is 28.2. The molecule has 8 heteroatoms. The number of ether oxygens (including phenoxy) is 2. The second-order valence-corrected chi connectivity index (χ2v) is 7.70. The van der Waals surface area contributed by atoms with E-state index in [1.54, 1.807) is 20.1 Å². The normalized spacial score (nSPS) is 11.8. The van der Waals surface area contributed by atoms with E-state index >= 15 is 0 Å². The standard InChI is InChI=1S/C25H25N3O5/c1-15-14-22(28-33-15)27-25(30)16(2)32-23(29)13-12-20-19-6-4-5-7-21(19)26-24(20)17-8-10-18(31-3)11-9-17/h4-11,14,16,26H,12-13H2,1-3H3,(H,27,28,30). The summed E-state index contributed by atoms with van der Waals surface area (Å²) in [7, 11) is 1.63. The van der Waals surface area contributed by atoms with Gasteiger partial charge < -0.3 is 24.3 Å². The number of carbonyl (C=O) groups is 2. The SMILES string of the molecule is COc1ccc(-c2[nH]c3ccccc3c2CCC(=O)OC(C)C(=O)Nc2cc(C)on2)cc1. The second-order valence-electron chi connectivity index (χ2n) is 7.70. The zero-order chi connectivity index (χ0) is 23.4. The topological polar surface area (TPSA) is 106 Å². The number of amides is 1. The summed E-state index contributed by atoms with van der Waals surface area (Å²) >= 11 is 0. The average molecular weight is 447 g/mol. The molecule has 4 aromatic rings. The number of benzene rings is 2. The lowest BCUT2D eigenvalue weighted by molar-refractivity contribution is -0.153. The Kier molecular flexibility index (Phi) is 6.44. The highest BCUT2D eigenvalue weighted by molar-refractivity contribution is 5.94. The van der Waals surface area contributed by atoms with E-state index in [1.165, 1.54) is 6.92 Å². The maximum Gasteiger partial charge on any atom is 0.306 e. The van der Waals surface area contributed by atoms with E-state index < -0.39 is 18.0 Å². The Labute approximate surface area is 190 Å². The van der Waals surface area contributed by atoms with Crippen LogP contribution in [0.5, 0.6) is 5.75 Å². The lowest BCUT2D eigenvalue weighted by atomic mass is 10.0. The van der Waals surface area contributed by atoms with Gasteiger partial charge in [-0.1, -0.05) is 23.4 Å². The molecule has 0 bridgehead atoms. The molecule has 2 aromatic carbocycles. The number of fused-ring (bicyclic) bond motifs is 1. The van der Waals surface area contributed by atoms with Crippen molar-refractivity contribution >= 4 is 28.6 Å². The molecule has 1 unspecified atom stereocenters. The molecule has 8 nitrogen and oxygen atoms in total. The Morgan fingerprint density at radius 3 is 2.61 bits per heavy atom. The number of H-pyrrole nitrogens is 1. The van der Waals surface area contributed by atoms with Crippen LogP contribution in [0, 0.1) is 6.92 Å². The maximum atomic E-state index is 12.5. The van der Waals surface area contributed by atoms with Gasteiger partial charge in [-0.3, -0.25) is 9.59 Å². The summed E-state index contributed by atoms with van der Waals surface area (Å²) in [6.07, 6.45) is -0.370. The molecule has 4 rings (SSSR count). The third kappa shape index (κ3) is 5.06. The molecule has 0 spiro atoms. The fraction of sp³-hybridized carbons (Fsp3) is 0.240. The molecule has 170 valence electrons. The van der Waals surface area contributed by atoms with Crippen molar-refractivity contribution in [3.8, 4) is 17.0 Å². The van der Waals surface area contributed by atoms with E-state index in [9.17, 15) is 9.59 Å². The van der Waals surface area contributed by atoms with Crippen LogP contribution < -0.4 is 10.1 Å². The van der Waals surface area contributed by atoms with E-state index in [2.05, 4.69) is 15.5 Å². The molecule has 0 saturated heterocycles. The predicted molar refractivity (Wildman–Crippen MR) is 124 cm³/mol. The number of para-hydroxylation sites is 1. The molecule has 2 aromatic heterocycles. The number of carbonyl (C=O) groups excluding carboxylic acids is 2. The molecule has 2 N–H and O–H groups in total. The average Bonchev–Trinajstić information content (AvgIpc) is 3.40. The van der Waals surface area contributed by atoms with Crippen molar-refractivity contribution in [1.29, 1.82) is 0 Å². The van der Waals surface area contributed by atoms with E-state index in [4.69, 9.17) is 14.0 Å². The van der Waals surface area contributed by atoms with Crippen LogP contribution in [0.2, 0.25) is 0 Å². The quantitative estimate of drug-likeness (QED) is 0.381. The van der Waals surface area contributed by atoms with E-state index in [0.717, 1.165) is 33.5 Å². The number of rotatable bonds is 8. The Hall–Kier alpha value is -4.07. The van der Waals surface area contributed by atoms with E-state index in [0.29, 0.717) is 12.2 Å². The molecule has 0 aliphatic carbocycles. The Bertz CT molecular complexity index is 1270. The molecule has 1 amide bonds. The van der Waals surface area contributed by atoms with Crippen molar-refractivity contribution in [3.63, 3.8) is 0 Å². The van der Waals surface area contributed by atoms with Crippen molar-refractivity contribution < 1.29 is 23.6 Å². The van der Waals surface area contributed by atoms with Gasteiger partial charge in [0.1, 0.15) is 11.5 Å². The van der Waals surface area contributed by atoms with Gasteiger partial charge >= 0.3 is 5.97 Å². The fourth-order valence-electron chi connectivity index (χ4n) is 3.65. The van der Waals surface area contributed by atoms with Crippen molar-refractivity contribution in [2.24, 2.45) is 0 Å². The van der Waals surface area contributed by atoms with Crippen LogP contribution in [0.15, 0.2) is 59.1 Å². The van der Waals surface area contributed by atoms with E-state index in [-0.39, 0.29) is 12.2 Å². The van der Waals surface area contributed by atoms with Crippen LogP contribution in [0.4, 0.5) is 5.82 Å². The number of methoxy groups -OCH3 is 1. The molecule has 1 atom stereocenters. The molecule has 0 fully saturated rings. The molecule has 0 saturated carbocycles. The molecule has 33 heavy (non-hydrogen) atoms. The molecule has 2 heterocycles. The summed E-state index contributed by atoms with van der Waals surface area (Å²) in [6, 6.07) is 17.3. The summed E-state index contributed by atoms with van der Waals surface area (Å²) < 4.78 is 15.5. The summed E-state index contributed by atoms with van der Waals surface area (Å²) in [5.74, 6) is 0.695. The van der Waals surface area contributed by atoms with E-state index in [1.807, 2.05) is 48.5 Å². The number of anilines is 1. The van der Waals surface area contributed by atoms with Crippen LogP contribution in [0.1, 0.15) is 24.7 Å². The fourth-order valence-corrected chi connectivity index (χ4v) is 3.65. The lowest BCUT2D eigenvalue weighted by Crippen LogP contribution is -2.30. The third-order valence-electron chi connectivity index (χ3n) is 5.33. The maximum absolute atomic E-state index is 12.5. The Morgan fingerprint density at radius 2 is 1.91 bits per heavy atom. The summed E-state index contributed by atoms with van der Waals surface area (Å²) in [6.45, 7) is 3.24. The van der Waals surface area contributed by atoms with Crippen LogP contribution in [-0.2, 0) is 20.7 Å². The van der Waals surface area contributed by atoms with Gasteiger partial charge in [-0.25, -0.2) is 0 Å². The molecular formula is C25H25N3O5. The van der Waals surface area contributed by atoms with Gasteiger partial charge in [-0.05, 0) is 61.7 Å². The second kappa shape index (κ2) is 9.60. The van der Waals surface area contributed by atoms with Crippen LogP contribution in [0.25, 0.3) is 22.2 Å². The summed E-state index contributed by atoms with van der Waals surface area (Å²) in [5, 5.41) is 7.32. The lowest BCUT2D eigenvalue weighted by Gasteiger charge is -2.12. The number of aromatic amines is 1. The van der Waals surface area contributed by atoms with Gasteiger partial charge in [0.05, 0.1) is 7.11 Å². The molecule has 0 aliphatic heterocycles. The third-order valence-corrected chi connectivity index (χ3v) is 5.33. The first-order valence-electron chi connectivity index (χ1n) is 10.6. The zero-order valence-corrected chi connectivity index (χ0v) is 18.7. The number of nitrogens with zero attached hydrogens (tertiary/aromatic N) is 1. The molecular weight excluding hydrogens is 422 g/mol. The number of nitrogens with one attached hydrogen (secondary N) is 2. The van der Waals surface area contributed by atoms with Crippen LogP contribution in [0.3, 0.4) is 0 Å². The van der Waals surface area contributed by atoms with Gasteiger partial charge in [0, 0.05) is 29.1 Å². The minimum atomic E-state index is -0.960. The molecule has 0 aliphatic rings. The number of hydrogen-bond acceptors (Lipinski definition) is 6. The highest BCUT2D eigenvalue weighted by Crippen LogP contribution is 2.32. The largest absolute Gasteiger partial charge is 0.497 e. The first-order chi connectivity index (χ1) is 15.9. The summed E-state index contributed by atoms with van der Waals surface area (Å²) in [5.41, 5.74) is 3.94. The first-order valence-corrected chi connectivity index (χ1v) is 10.6. The van der Waals surface area contributed by atoms with Crippen molar-refractivity contribution in [3.05, 3.63) is 65.9 Å². The Balaban J connectivity index is 1.45. The van der Waals surface area contributed by atoms with Crippen molar-refractivity contribution in [2.75, 3.05) is 12.4 Å². The number of esters is 1. The number of aryl methyl sites for hydroxylation is 2. The minimum Gasteiger partial charge on any atom is -0.497 e. The first kappa shape index (κ1) is 22.1. The predicted octanol–water partition coefficient (Wildman–Crippen LogP) is 4.64. The van der Waals surface area contributed by atoms with Gasteiger partial charge in [0.25, 0.3) is 5.91 Å². The minimum absolute atomic E-state index is 0.131. The smallest absolute Gasteiger partial charge is 0.306 e. The highest BCUT2D eigenvalue weighted by atomic mass is 16.5. The van der Waals surface area contributed by atoms with Gasteiger partial charge in [-0.2, -0.15) is 0 Å². The molecule has 0 radical (unpaired) electrons. The Morgan fingerprint density at radius 1 is 1.15 bits per heavy atom. The van der Waals surface area contributed by atoms with Crippen molar-refractivity contribution in [2.45, 2.75) is 32.8 Å². The zero-order valence-electron chi connectivity index (χ0n) is 18.7. The van der Waals surface area contributed by atoms with Crippen LogP contribution >= 0.6 is 0 Å². The van der Waals surface area contributed by atoms with Gasteiger partial charge in [0.2, 0.25) is 0 Å². The van der Waals surface area contributed by atoms with Gasteiger partial charge in [-0.15, -0.1) is 0 Å². The van der Waals surface area contributed by atoms with Crippen LogP contribution in [-0.4, -0.2) is 35.2 Å².